The molecule has 4 heteroatoms. The average Bonchev–Trinajstić information content (AvgIpc) is 2.58. The van der Waals surface area contributed by atoms with E-state index in [9.17, 15) is 4.79 Å². The number of benzene rings is 1. The lowest BCUT2D eigenvalue weighted by molar-refractivity contribution is 0.163. The van der Waals surface area contributed by atoms with Crippen molar-refractivity contribution in [1.29, 1.82) is 0 Å². The number of ether oxygens (including phenoxy) is 1. The zero-order valence-corrected chi connectivity index (χ0v) is 14.0. The number of unbranched alkanes of at least 4 members (excludes halogenated alkanes) is 2. The molecule has 0 aliphatic rings. The topological polar surface area (TPSA) is 51.2 Å². The van der Waals surface area contributed by atoms with Gasteiger partial charge in [-0.05, 0) is 29.8 Å². The van der Waals surface area contributed by atoms with Crippen molar-refractivity contribution < 1.29 is 11.0 Å². The molecule has 0 saturated carbocycles. The second-order valence-corrected chi connectivity index (χ2v) is 5.09. The highest BCUT2D eigenvalue weighted by molar-refractivity contribution is 5.84. The lowest BCUT2D eigenvalue weighted by Crippen LogP contribution is -2.15. The van der Waals surface area contributed by atoms with E-state index in [4.69, 9.17) is 4.74 Å². The normalized spacial score (nSPS) is 9.48. The minimum absolute atomic E-state index is 0. The highest BCUT2D eigenvalue weighted by Crippen LogP contribution is 2.05. The van der Waals surface area contributed by atoms with Gasteiger partial charge in [-0.1, -0.05) is 51.3 Å². The maximum Gasteiger partial charge on any atom is 0.411 e. The molecule has 2 aromatic rings. The van der Waals surface area contributed by atoms with Crippen LogP contribution in [-0.4, -0.2) is 17.7 Å². The monoisotopic (exact) mass is 316 g/mol. The molecule has 0 bridgehead atoms. The third-order valence-corrected chi connectivity index (χ3v) is 3.10. The summed E-state index contributed by atoms with van der Waals surface area (Å²) in [7, 11) is 0. The summed E-state index contributed by atoms with van der Waals surface area (Å²) in [5.41, 5.74) is 1.82. The summed E-state index contributed by atoms with van der Waals surface area (Å²) >= 11 is 0. The van der Waals surface area contributed by atoms with E-state index >= 15 is 0 Å². The average molecular weight is 316 g/mol. The van der Waals surface area contributed by atoms with Gasteiger partial charge >= 0.3 is 6.09 Å². The number of carbonyl (C=O) groups is 1. The third kappa shape index (κ3) is 9.30. The van der Waals surface area contributed by atoms with Crippen molar-refractivity contribution in [2.45, 2.75) is 39.5 Å². The van der Waals surface area contributed by atoms with Gasteiger partial charge in [-0.15, -0.1) is 0 Å². The molecule has 2 rings (SSSR count). The predicted molar refractivity (Wildman–Crippen MR) is 96.7 cm³/mol. The quantitative estimate of drug-likeness (QED) is 0.785. The van der Waals surface area contributed by atoms with E-state index in [-0.39, 0.29) is 1.43 Å². The second-order valence-electron chi connectivity index (χ2n) is 5.09. The lowest BCUT2D eigenvalue weighted by Gasteiger charge is -2.06. The Morgan fingerprint density at radius 2 is 1.74 bits per heavy atom. The molecule has 0 aliphatic carbocycles. The van der Waals surface area contributed by atoms with Crippen LogP contribution in [0.15, 0.2) is 54.9 Å². The van der Waals surface area contributed by atoms with Gasteiger partial charge in [0.05, 0.1) is 6.61 Å². The zero-order chi connectivity index (χ0) is 16.8. The number of amides is 1. The predicted octanol–water partition coefficient (Wildman–Crippen LogP) is 5.32. The molecule has 1 N–H and O–H groups in total. The first-order chi connectivity index (χ1) is 11.3. The SMILES string of the molecule is CCCCC.O=C(Nc1ccccc1)OCCc1ccncc1.[HH]. The second kappa shape index (κ2) is 12.2. The molecule has 0 atom stereocenters. The van der Waals surface area contributed by atoms with Crippen molar-refractivity contribution in [1.82, 2.24) is 4.98 Å². The van der Waals surface area contributed by atoms with Gasteiger partial charge in [0, 0.05) is 25.9 Å². The molecule has 0 aliphatic heterocycles. The fourth-order valence-electron chi connectivity index (χ4n) is 1.84. The molecule has 1 heterocycles. The molecular weight excluding hydrogens is 288 g/mol. The number of carbonyl (C=O) groups excluding carboxylic acids is 1. The van der Waals surface area contributed by atoms with Crippen LogP contribution < -0.4 is 5.32 Å². The van der Waals surface area contributed by atoms with Crippen LogP contribution in [-0.2, 0) is 11.2 Å². The molecule has 126 valence electrons. The standard InChI is InChI=1S/C14H14N2O2.C5H12.H2/c17-14(16-13-4-2-1-3-5-13)18-11-8-12-6-9-15-10-7-12;1-3-5-4-2;/h1-7,9-10H,8,11H2,(H,16,17);3-5H2,1-2H3;1H. The van der Waals surface area contributed by atoms with Gasteiger partial charge in [-0.2, -0.15) is 0 Å². The van der Waals surface area contributed by atoms with E-state index in [2.05, 4.69) is 24.1 Å². The molecule has 0 unspecified atom stereocenters. The number of rotatable bonds is 6. The van der Waals surface area contributed by atoms with Crippen LogP contribution in [0.1, 0.15) is 40.1 Å². The Morgan fingerprint density at radius 3 is 2.30 bits per heavy atom. The Labute approximate surface area is 140 Å². The van der Waals surface area contributed by atoms with Crippen molar-refractivity contribution in [3.8, 4) is 0 Å². The summed E-state index contributed by atoms with van der Waals surface area (Å²) in [5.74, 6) is 0. The molecule has 1 aromatic heterocycles. The van der Waals surface area contributed by atoms with Crippen LogP contribution in [0.3, 0.4) is 0 Å². The minimum atomic E-state index is -0.435. The van der Waals surface area contributed by atoms with Gasteiger partial charge in [-0.25, -0.2) is 4.79 Å². The summed E-state index contributed by atoms with van der Waals surface area (Å²) in [6.45, 7) is 4.77. The number of hydrogen-bond acceptors (Lipinski definition) is 3. The Bertz CT molecular complexity index is 534. The summed E-state index contributed by atoms with van der Waals surface area (Å²) < 4.78 is 5.08. The lowest BCUT2D eigenvalue weighted by atomic mass is 10.2. The Hall–Kier alpha value is -2.36. The van der Waals surface area contributed by atoms with E-state index in [0.717, 1.165) is 11.3 Å². The van der Waals surface area contributed by atoms with Crippen LogP contribution >= 0.6 is 0 Å². The van der Waals surface area contributed by atoms with Gasteiger partial charge in [0.15, 0.2) is 0 Å². The molecule has 0 fully saturated rings. The number of hydrogen-bond donors (Lipinski definition) is 1. The molecule has 0 saturated heterocycles. The Kier molecular flexibility index (Phi) is 9.92. The first kappa shape index (κ1) is 18.7. The highest BCUT2D eigenvalue weighted by Gasteiger charge is 2.02. The van der Waals surface area contributed by atoms with Crippen LogP contribution in [0.2, 0.25) is 0 Å². The van der Waals surface area contributed by atoms with E-state index in [1.165, 1.54) is 19.3 Å². The smallest absolute Gasteiger partial charge is 0.411 e. The van der Waals surface area contributed by atoms with Crippen molar-refractivity contribution in [3.63, 3.8) is 0 Å². The van der Waals surface area contributed by atoms with Gasteiger partial charge in [0.25, 0.3) is 0 Å². The van der Waals surface area contributed by atoms with Crippen LogP contribution in [0.4, 0.5) is 10.5 Å². The van der Waals surface area contributed by atoms with E-state index in [1.807, 2.05) is 42.5 Å². The number of nitrogens with one attached hydrogen (secondary N) is 1. The maximum absolute atomic E-state index is 11.5. The molecule has 23 heavy (non-hydrogen) atoms. The summed E-state index contributed by atoms with van der Waals surface area (Å²) in [6, 6.07) is 13.0. The largest absolute Gasteiger partial charge is 0.449 e. The van der Waals surface area contributed by atoms with Crippen LogP contribution in [0.25, 0.3) is 0 Å². The van der Waals surface area contributed by atoms with E-state index in [0.29, 0.717) is 13.0 Å². The molecule has 4 nitrogen and oxygen atoms in total. The summed E-state index contributed by atoms with van der Waals surface area (Å²) in [5, 5.41) is 2.65. The van der Waals surface area contributed by atoms with Crippen LogP contribution in [0, 0.1) is 0 Å². The number of anilines is 1. The zero-order valence-electron chi connectivity index (χ0n) is 14.0. The highest BCUT2D eigenvalue weighted by atomic mass is 16.5. The molecule has 0 spiro atoms. The van der Waals surface area contributed by atoms with Gasteiger partial charge < -0.3 is 4.74 Å². The van der Waals surface area contributed by atoms with Crippen LogP contribution in [0.5, 0.6) is 0 Å². The van der Waals surface area contributed by atoms with Gasteiger partial charge in [0.2, 0.25) is 0 Å². The fourth-order valence-corrected chi connectivity index (χ4v) is 1.84. The molecule has 0 radical (unpaired) electrons. The van der Waals surface area contributed by atoms with Crippen molar-refractivity contribution in [3.05, 3.63) is 60.4 Å². The summed E-state index contributed by atoms with van der Waals surface area (Å²) in [4.78, 5) is 15.4. The van der Waals surface area contributed by atoms with Crippen molar-refractivity contribution in [2.24, 2.45) is 0 Å². The van der Waals surface area contributed by atoms with Gasteiger partial charge in [0.1, 0.15) is 0 Å². The Balaban J connectivity index is 0.000000777. The minimum Gasteiger partial charge on any atom is -0.449 e. The van der Waals surface area contributed by atoms with E-state index in [1.54, 1.807) is 12.4 Å². The molecule has 1 aromatic carbocycles. The van der Waals surface area contributed by atoms with E-state index < -0.39 is 6.09 Å². The molecule has 1 amide bonds. The molecular formula is C19H28N2O2. The summed E-state index contributed by atoms with van der Waals surface area (Å²) in [6.07, 6.45) is 7.77. The number of aromatic nitrogens is 1. The first-order valence-electron chi connectivity index (χ1n) is 8.14. The number of pyridine rings is 1. The fraction of sp³-hybridized carbons (Fsp3) is 0.368. The van der Waals surface area contributed by atoms with Crippen molar-refractivity contribution >= 4 is 11.8 Å². The Morgan fingerprint density at radius 1 is 1.09 bits per heavy atom. The maximum atomic E-state index is 11.5. The number of nitrogens with zero attached hydrogens (tertiary/aromatic N) is 1. The van der Waals surface area contributed by atoms with Crippen molar-refractivity contribution in [2.75, 3.05) is 11.9 Å². The first-order valence-corrected chi connectivity index (χ1v) is 8.14. The van der Waals surface area contributed by atoms with Gasteiger partial charge in [-0.3, -0.25) is 10.3 Å². The third-order valence-electron chi connectivity index (χ3n) is 3.10. The number of para-hydroxylation sites is 1.